The van der Waals surface area contributed by atoms with Gasteiger partial charge in [0.1, 0.15) is 5.75 Å². The van der Waals surface area contributed by atoms with E-state index in [0.29, 0.717) is 6.04 Å². The lowest BCUT2D eigenvalue weighted by Crippen LogP contribution is -2.25. The van der Waals surface area contributed by atoms with Crippen molar-refractivity contribution in [2.75, 3.05) is 13.7 Å². The molecule has 2 rings (SSSR count). The third-order valence-electron chi connectivity index (χ3n) is 3.53. The van der Waals surface area contributed by atoms with Crippen molar-refractivity contribution in [3.05, 3.63) is 36.0 Å². The van der Waals surface area contributed by atoms with Gasteiger partial charge in [0.15, 0.2) is 0 Å². The molecule has 0 bridgehead atoms. The number of aliphatic hydroxyl groups excluding tert-OH is 1. The van der Waals surface area contributed by atoms with E-state index < -0.39 is 0 Å². The fraction of sp³-hybridized carbons (Fsp3) is 0.438. The summed E-state index contributed by atoms with van der Waals surface area (Å²) < 4.78 is 5.17. The maximum Gasteiger partial charge on any atom is 0.118 e. The van der Waals surface area contributed by atoms with E-state index in [-0.39, 0.29) is 6.61 Å². The molecule has 1 unspecified atom stereocenters. The largest absolute Gasteiger partial charge is 0.497 e. The first-order valence-corrected chi connectivity index (χ1v) is 7.25. The molecule has 114 valence electrons. The number of rotatable bonds is 8. The summed E-state index contributed by atoms with van der Waals surface area (Å²) in [5, 5.41) is 19.5. The molecule has 0 saturated carbocycles. The topological polar surface area (TPSA) is 70.2 Å². The van der Waals surface area contributed by atoms with Gasteiger partial charge >= 0.3 is 0 Å². The van der Waals surface area contributed by atoms with Gasteiger partial charge in [0.2, 0.25) is 0 Å². The molecule has 0 spiro atoms. The molecule has 0 aliphatic carbocycles. The fourth-order valence-corrected chi connectivity index (χ4v) is 2.24. The summed E-state index contributed by atoms with van der Waals surface area (Å²) in [6.07, 6.45) is 3.64. The van der Waals surface area contributed by atoms with Gasteiger partial charge in [0, 0.05) is 30.3 Å². The van der Waals surface area contributed by atoms with Crippen LogP contribution in [0.15, 0.2) is 30.5 Å². The third-order valence-corrected chi connectivity index (χ3v) is 3.53. The Morgan fingerprint density at radius 2 is 2.10 bits per heavy atom. The lowest BCUT2D eigenvalue weighted by Gasteiger charge is -2.13. The SMILES string of the molecule is COc1ccc(-c2[nH]ncc2CNC(C)CCCO)cc1. The number of ether oxygens (including phenoxy) is 1. The Morgan fingerprint density at radius 1 is 1.33 bits per heavy atom. The van der Waals surface area contributed by atoms with E-state index in [1.165, 1.54) is 0 Å². The standard InChI is InChI=1S/C16H23N3O2/c1-12(4-3-9-20)17-10-14-11-18-19-16(14)13-5-7-15(21-2)8-6-13/h5-8,11-12,17,20H,3-4,9-10H2,1-2H3,(H,18,19). The molecule has 0 saturated heterocycles. The number of aromatic nitrogens is 2. The van der Waals surface area contributed by atoms with Crippen molar-refractivity contribution in [2.45, 2.75) is 32.4 Å². The van der Waals surface area contributed by atoms with Crippen LogP contribution in [0.5, 0.6) is 5.75 Å². The number of nitrogens with zero attached hydrogens (tertiary/aromatic N) is 1. The van der Waals surface area contributed by atoms with E-state index >= 15 is 0 Å². The molecular weight excluding hydrogens is 266 g/mol. The minimum Gasteiger partial charge on any atom is -0.497 e. The van der Waals surface area contributed by atoms with Crippen molar-refractivity contribution in [3.63, 3.8) is 0 Å². The summed E-state index contributed by atoms with van der Waals surface area (Å²) in [6, 6.07) is 8.29. The van der Waals surface area contributed by atoms with Gasteiger partial charge in [0.05, 0.1) is 19.0 Å². The molecule has 1 aromatic carbocycles. The van der Waals surface area contributed by atoms with Crippen molar-refractivity contribution < 1.29 is 9.84 Å². The minimum atomic E-state index is 0.245. The summed E-state index contributed by atoms with van der Waals surface area (Å²) in [4.78, 5) is 0. The first-order valence-electron chi connectivity index (χ1n) is 7.25. The van der Waals surface area contributed by atoms with E-state index in [9.17, 15) is 0 Å². The van der Waals surface area contributed by atoms with E-state index in [1.54, 1.807) is 7.11 Å². The maximum absolute atomic E-state index is 8.85. The van der Waals surface area contributed by atoms with Crippen LogP contribution in [0.1, 0.15) is 25.3 Å². The number of aliphatic hydroxyl groups is 1. The lowest BCUT2D eigenvalue weighted by atomic mass is 10.1. The zero-order chi connectivity index (χ0) is 15.1. The Labute approximate surface area is 125 Å². The lowest BCUT2D eigenvalue weighted by molar-refractivity contribution is 0.276. The number of hydrogen-bond donors (Lipinski definition) is 3. The molecule has 0 fully saturated rings. The van der Waals surface area contributed by atoms with Crippen LogP contribution in [0, 0.1) is 0 Å². The molecule has 5 heteroatoms. The first-order chi connectivity index (χ1) is 10.2. The van der Waals surface area contributed by atoms with E-state index in [4.69, 9.17) is 9.84 Å². The minimum absolute atomic E-state index is 0.245. The van der Waals surface area contributed by atoms with Crippen LogP contribution in [0.4, 0.5) is 0 Å². The van der Waals surface area contributed by atoms with Crippen LogP contribution in [0.2, 0.25) is 0 Å². The van der Waals surface area contributed by atoms with Crippen LogP contribution in [-0.4, -0.2) is 35.1 Å². The molecule has 21 heavy (non-hydrogen) atoms. The number of benzene rings is 1. The molecule has 5 nitrogen and oxygen atoms in total. The van der Waals surface area contributed by atoms with Crippen molar-refractivity contribution in [1.82, 2.24) is 15.5 Å². The second-order valence-electron chi connectivity index (χ2n) is 5.15. The van der Waals surface area contributed by atoms with Crippen molar-refractivity contribution in [1.29, 1.82) is 0 Å². The average Bonchev–Trinajstić information content (AvgIpc) is 2.99. The Morgan fingerprint density at radius 3 is 2.76 bits per heavy atom. The third kappa shape index (κ3) is 4.31. The van der Waals surface area contributed by atoms with Crippen molar-refractivity contribution >= 4 is 0 Å². The van der Waals surface area contributed by atoms with Crippen molar-refractivity contribution in [3.8, 4) is 17.0 Å². The summed E-state index contributed by atoms with van der Waals surface area (Å²) in [7, 11) is 1.66. The highest BCUT2D eigenvalue weighted by molar-refractivity contribution is 5.63. The molecule has 3 N–H and O–H groups in total. The zero-order valence-corrected chi connectivity index (χ0v) is 12.6. The molecular formula is C16H23N3O2. The van der Waals surface area contributed by atoms with E-state index in [2.05, 4.69) is 22.4 Å². The Hall–Kier alpha value is -1.85. The number of aromatic amines is 1. The smallest absolute Gasteiger partial charge is 0.118 e. The highest BCUT2D eigenvalue weighted by atomic mass is 16.5. The number of H-pyrrole nitrogens is 1. The molecule has 0 aliphatic heterocycles. The van der Waals surface area contributed by atoms with Crippen LogP contribution >= 0.6 is 0 Å². The Kier molecular flexibility index (Phi) is 5.78. The molecule has 0 aliphatic rings. The van der Waals surface area contributed by atoms with E-state index in [0.717, 1.165) is 42.0 Å². The molecule has 2 aromatic rings. The van der Waals surface area contributed by atoms with Gasteiger partial charge in [-0.05, 0) is 44.0 Å². The quantitative estimate of drug-likeness (QED) is 0.697. The van der Waals surface area contributed by atoms with Crippen LogP contribution in [-0.2, 0) is 6.54 Å². The number of nitrogens with one attached hydrogen (secondary N) is 2. The van der Waals surface area contributed by atoms with Gasteiger partial charge < -0.3 is 15.2 Å². The average molecular weight is 289 g/mol. The van der Waals surface area contributed by atoms with Gasteiger partial charge in [-0.25, -0.2) is 0 Å². The predicted octanol–water partition coefficient (Wildman–Crippen LogP) is 2.34. The predicted molar refractivity (Wildman–Crippen MR) is 83.2 cm³/mol. The number of hydrogen-bond acceptors (Lipinski definition) is 4. The number of methoxy groups -OCH3 is 1. The summed E-state index contributed by atoms with van der Waals surface area (Å²) in [5.41, 5.74) is 3.25. The molecule has 1 heterocycles. The van der Waals surface area contributed by atoms with Gasteiger partial charge in [-0.3, -0.25) is 5.10 Å². The zero-order valence-electron chi connectivity index (χ0n) is 12.6. The van der Waals surface area contributed by atoms with Gasteiger partial charge in [-0.2, -0.15) is 5.10 Å². The molecule has 1 aromatic heterocycles. The van der Waals surface area contributed by atoms with Gasteiger partial charge in [0.25, 0.3) is 0 Å². The molecule has 0 amide bonds. The van der Waals surface area contributed by atoms with Crippen LogP contribution < -0.4 is 10.1 Å². The Balaban J connectivity index is 2.00. The highest BCUT2D eigenvalue weighted by Crippen LogP contribution is 2.23. The second-order valence-corrected chi connectivity index (χ2v) is 5.15. The summed E-state index contributed by atoms with van der Waals surface area (Å²) in [6.45, 7) is 3.13. The maximum atomic E-state index is 8.85. The van der Waals surface area contributed by atoms with Crippen LogP contribution in [0.3, 0.4) is 0 Å². The summed E-state index contributed by atoms with van der Waals surface area (Å²) in [5.74, 6) is 0.843. The monoisotopic (exact) mass is 289 g/mol. The van der Waals surface area contributed by atoms with Gasteiger partial charge in [-0.1, -0.05) is 0 Å². The van der Waals surface area contributed by atoms with Gasteiger partial charge in [-0.15, -0.1) is 0 Å². The van der Waals surface area contributed by atoms with Crippen molar-refractivity contribution in [2.24, 2.45) is 0 Å². The summed E-state index contributed by atoms with van der Waals surface area (Å²) >= 11 is 0. The van der Waals surface area contributed by atoms with Crippen LogP contribution in [0.25, 0.3) is 11.3 Å². The fourth-order valence-electron chi connectivity index (χ4n) is 2.24. The van der Waals surface area contributed by atoms with E-state index in [1.807, 2.05) is 30.5 Å². The Bertz CT molecular complexity index is 537. The second kappa shape index (κ2) is 7.81. The highest BCUT2D eigenvalue weighted by Gasteiger charge is 2.09. The molecule has 1 atom stereocenters. The molecule has 0 radical (unpaired) electrons. The normalized spacial score (nSPS) is 12.3. The first kappa shape index (κ1) is 15.5.